The Bertz CT molecular complexity index is 610. The molecule has 0 atom stereocenters. The molecule has 5 heteroatoms. The Morgan fingerprint density at radius 1 is 0.952 bits per heavy atom. The van der Waals surface area contributed by atoms with Crippen molar-refractivity contribution in [2.45, 2.75) is 13.2 Å². The van der Waals surface area contributed by atoms with E-state index in [1.807, 2.05) is 12.1 Å². The fraction of sp³-hybridized carbons (Fsp3) is 0.250. The van der Waals surface area contributed by atoms with Gasteiger partial charge < -0.3 is 24.4 Å². The van der Waals surface area contributed by atoms with E-state index in [1.165, 1.54) is 13.2 Å². The molecule has 0 saturated heterocycles. The van der Waals surface area contributed by atoms with Gasteiger partial charge in [-0.3, -0.25) is 0 Å². The van der Waals surface area contributed by atoms with Crippen LogP contribution in [0.4, 0.5) is 0 Å². The minimum atomic E-state index is -0.0351. The van der Waals surface area contributed by atoms with Crippen molar-refractivity contribution in [1.82, 2.24) is 0 Å². The monoisotopic (exact) mass is 290 g/mol. The van der Waals surface area contributed by atoms with Gasteiger partial charge in [-0.05, 0) is 23.8 Å². The fourth-order valence-corrected chi connectivity index (χ4v) is 1.92. The first-order valence-corrected chi connectivity index (χ1v) is 6.44. The largest absolute Gasteiger partial charge is 0.504 e. The quantitative estimate of drug-likeness (QED) is 0.855. The fourth-order valence-electron chi connectivity index (χ4n) is 1.92. The summed E-state index contributed by atoms with van der Waals surface area (Å²) in [5.41, 5.74) is 1.64. The van der Waals surface area contributed by atoms with E-state index < -0.39 is 0 Å². The molecule has 0 amide bonds. The van der Waals surface area contributed by atoms with E-state index in [0.717, 1.165) is 11.1 Å². The summed E-state index contributed by atoms with van der Waals surface area (Å²) in [6, 6.07) is 10.2. The van der Waals surface area contributed by atoms with Gasteiger partial charge in [0.15, 0.2) is 11.5 Å². The molecule has 2 N–H and O–H groups in total. The zero-order chi connectivity index (χ0) is 15.2. The van der Waals surface area contributed by atoms with Crippen LogP contribution < -0.4 is 14.2 Å². The molecule has 21 heavy (non-hydrogen) atoms. The highest BCUT2D eigenvalue weighted by Crippen LogP contribution is 2.30. The van der Waals surface area contributed by atoms with Gasteiger partial charge in [-0.25, -0.2) is 0 Å². The number of aliphatic hydroxyl groups is 1. The summed E-state index contributed by atoms with van der Waals surface area (Å²) in [4.78, 5) is 0. The number of hydrogen-bond donors (Lipinski definition) is 2. The predicted octanol–water partition coefficient (Wildman–Crippen LogP) is 2.48. The third-order valence-corrected chi connectivity index (χ3v) is 3.08. The molecular weight excluding hydrogens is 272 g/mol. The first-order valence-electron chi connectivity index (χ1n) is 6.44. The molecule has 2 aromatic carbocycles. The van der Waals surface area contributed by atoms with Crippen LogP contribution in [-0.2, 0) is 13.2 Å². The van der Waals surface area contributed by atoms with Crippen molar-refractivity contribution in [1.29, 1.82) is 0 Å². The Balaban J connectivity index is 2.12. The van der Waals surface area contributed by atoms with Gasteiger partial charge in [0.25, 0.3) is 0 Å². The van der Waals surface area contributed by atoms with E-state index in [9.17, 15) is 5.11 Å². The molecule has 0 unspecified atom stereocenters. The molecule has 0 aliphatic rings. The lowest BCUT2D eigenvalue weighted by Crippen LogP contribution is -2.00. The lowest BCUT2D eigenvalue weighted by atomic mass is 10.1. The number of ether oxygens (including phenoxy) is 3. The average molecular weight is 290 g/mol. The lowest BCUT2D eigenvalue weighted by Gasteiger charge is -2.12. The number of phenols is 1. The molecule has 5 nitrogen and oxygen atoms in total. The van der Waals surface area contributed by atoms with Crippen LogP contribution >= 0.6 is 0 Å². The Kier molecular flexibility index (Phi) is 4.90. The molecule has 0 spiro atoms. The Labute approximate surface area is 123 Å². The van der Waals surface area contributed by atoms with Gasteiger partial charge in [0.05, 0.1) is 20.8 Å². The highest BCUT2D eigenvalue weighted by Gasteiger charge is 2.07. The molecule has 0 fully saturated rings. The summed E-state index contributed by atoms with van der Waals surface area (Å²) in [5, 5.41) is 18.7. The maximum atomic E-state index is 9.54. The molecule has 0 aliphatic carbocycles. The van der Waals surface area contributed by atoms with Crippen LogP contribution in [0.2, 0.25) is 0 Å². The van der Waals surface area contributed by atoms with E-state index in [4.69, 9.17) is 19.3 Å². The summed E-state index contributed by atoms with van der Waals surface area (Å²) in [6.45, 7) is 0.273. The Morgan fingerprint density at radius 2 is 1.71 bits per heavy atom. The molecular formula is C16H18O5. The molecule has 0 bridgehead atoms. The number of aromatic hydroxyl groups is 1. The van der Waals surface area contributed by atoms with Crippen molar-refractivity contribution < 1.29 is 24.4 Å². The summed E-state index contributed by atoms with van der Waals surface area (Å²) in [5.74, 6) is 1.66. The second-order valence-corrected chi connectivity index (χ2v) is 4.43. The third kappa shape index (κ3) is 3.58. The SMILES string of the molecule is COc1cc(OCc2ccc(CO)cc2OC)ccc1O. The number of benzene rings is 2. The molecule has 0 saturated carbocycles. The zero-order valence-corrected chi connectivity index (χ0v) is 12.0. The van der Waals surface area contributed by atoms with Gasteiger partial charge >= 0.3 is 0 Å². The van der Waals surface area contributed by atoms with Crippen molar-refractivity contribution >= 4 is 0 Å². The van der Waals surface area contributed by atoms with Crippen molar-refractivity contribution in [3.63, 3.8) is 0 Å². The zero-order valence-electron chi connectivity index (χ0n) is 12.0. The smallest absolute Gasteiger partial charge is 0.164 e. The second-order valence-electron chi connectivity index (χ2n) is 4.43. The van der Waals surface area contributed by atoms with Crippen LogP contribution in [0.1, 0.15) is 11.1 Å². The normalized spacial score (nSPS) is 10.2. The van der Waals surface area contributed by atoms with Crippen LogP contribution in [-0.4, -0.2) is 24.4 Å². The number of phenolic OH excluding ortho intramolecular Hbond substituents is 1. The standard InChI is InChI=1S/C16H18O5/c1-19-15-7-11(9-17)3-4-12(15)10-21-13-5-6-14(18)16(8-13)20-2/h3-8,17-18H,9-10H2,1-2H3. The highest BCUT2D eigenvalue weighted by atomic mass is 16.5. The predicted molar refractivity (Wildman–Crippen MR) is 77.9 cm³/mol. The van der Waals surface area contributed by atoms with Crippen molar-refractivity contribution in [3.05, 3.63) is 47.5 Å². The van der Waals surface area contributed by atoms with E-state index in [2.05, 4.69) is 0 Å². The van der Waals surface area contributed by atoms with Crippen molar-refractivity contribution in [2.75, 3.05) is 14.2 Å². The molecule has 0 heterocycles. The molecule has 2 aromatic rings. The molecule has 0 aromatic heterocycles. The number of aliphatic hydroxyl groups excluding tert-OH is 1. The Hall–Kier alpha value is -2.40. The average Bonchev–Trinajstić information content (AvgIpc) is 2.53. The Morgan fingerprint density at radius 3 is 2.38 bits per heavy atom. The van der Waals surface area contributed by atoms with Gasteiger partial charge in [0.2, 0.25) is 0 Å². The number of rotatable bonds is 6. The van der Waals surface area contributed by atoms with E-state index >= 15 is 0 Å². The second kappa shape index (κ2) is 6.85. The summed E-state index contributed by atoms with van der Waals surface area (Å²) >= 11 is 0. The van der Waals surface area contributed by atoms with E-state index in [-0.39, 0.29) is 12.4 Å². The van der Waals surface area contributed by atoms with E-state index in [1.54, 1.807) is 25.3 Å². The maximum Gasteiger partial charge on any atom is 0.164 e. The lowest BCUT2D eigenvalue weighted by molar-refractivity contribution is 0.278. The van der Waals surface area contributed by atoms with Gasteiger partial charge in [-0.1, -0.05) is 12.1 Å². The molecule has 2 rings (SSSR count). The van der Waals surface area contributed by atoms with E-state index in [0.29, 0.717) is 23.9 Å². The van der Waals surface area contributed by atoms with Crippen LogP contribution in [0, 0.1) is 0 Å². The van der Waals surface area contributed by atoms with Crippen molar-refractivity contribution in [3.8, 4) is 23.0 Å². The molecule has 0 radical (unpaired) electrons. The summed E-state index contributed by atoms with van der Waals surface area (Å²) in [6.07, 6.45) is 0. The minimum absolute atomic E-state index is 0.0351. The first-order chi connectivity index (χ1) is 10.2. The minimum Gasteiger partial charge on any atom is -0.504 e. The summed E-state index contributed by atoms with van der Waals surface area (Å²) in [7, 11) is 3.05. The third-order valence-electron chi connectivity index (χ3n) is 3.08. The van der Waals surface area contributed by atoms with Crippen molar-refractivity contribution in [2.24, 2.45) is 0 Å². The van der Waals surface area contributed by atoms with Gasteiger partial charge in [0, 0.05) is 11.6 Å². The van der Waals surface area contributed by atoms with Crippen LogP contribution in [0.5, 0.6) is 23.0 Å². The molecule has 0 aliphatic heterocycles. The van der Waals surface area contributed by atoms with Gasteiger partial charge in [0.1, 0.15) is 18.1 Å². The molecule has 112 valence electrons. The van der Waals surface area contributed by atoms with Gasteiger partial charge in [-0.15, -0.1) is 0 Å². The van der Waals surface area contributed by atoms with Crippen LogP contribution in [0.3, 0.4) is 0 Å². The van der Waals surface area contributed by atoms with Gasteiger partial charge in [-0.2, -0.15) is 0 Å². The summed E-state index contributed by atoms with van der Waals surface area (Å²) < 4.78 is 16.0. The topological polar surface area (TPSA) is 68.2 Å². The van der Waals surface area contributed by atoms with Crippen LogP contribution in [0.25, 0.3) is 0 Å². The maximum absolute atomic E-state index is 9.54. The van der Waals surface area contributed by atoms with Crippen LogP contribution in [0.15, 0.2) is 36.4 Å². The number of methoxy groups -OCH3 is 2. The number of hydrogen-bond acceptors (Lipinski definition) is 5. The highest BCUT2D eigenvalue weighted by molar-refractivity contribution is 5.44. The first kappa shape index (κ1) is 15.0.